The van der Waals surface area contributed by atoms with Crippen molar-refractivity contribution < 1.29 is 19.2 Å². The molecule has 2 rings (SSSR count). The van der Waals surface area contributed by atoms with Crippen LogP contribution >= 0.6 is 0 Å². The maximum Gasteiger partial charge on any atom is 0.330 e. The fourth-order valence-corrected chi connectivity index (χ4v) is 1.68. The van der Waals surface area contributed by atoms with E-state index in [1.807, 2.05) is 0 Å². The van der Waals surface area contributed by atoms with Crippen molar-refractivity contribution in [3.63, 3.8) is 0 Å². The minimum absolute atomic E-state index is 0.0216. The molecule has 0 aliphatic carbocycles. The Morgan fingerprint density at radius 1 is 1.33 bits per heavy atom. The summed E-state index contributed by atoms with van der Waals surface area (Å²) in [5.74, 6) is -0.445. The number of urea groups is 1. The van der Waals surface area contributed by atoms with Crippen LogP contribution < -0.4 is 10.6 Å². The van der Waals surface area contributed by atoms with Gasteiger partial charge in [-0.3, -0.25) is 0 Å². The zero-order valence-corrected chi connectivity index (χ0v) is 11.2. The van der Waals surface area contributed by atoms with Gasteiger partial charge in [0.05, 0.1) is 6.54 Å². The molecule has 0 unspecified atom stereocenters. The molecule has 0 aliphatic heterocycles. The predicted molar refractivity (Wildman–Crippen MR) is 71.2 cm³/mol. The molecule has 0 radical (unpaired) electrons. The molecule has 2 amide bonds. The molecule has 0 saturated heterocycles. The highest BCUT2D eigenvalue weighted by Crippen LogP contribution is 2.12. The molecule has 1 atom stereocenters. The number of aryl methyl sites for hydroxylation is 1. The van der Waals surface area contributed by atoms with Gasteiger partial charge in [0.15, 0.2) is 11.9 Å². The number of benzene rings is 1. The molecule has 0 bridgehead atoms. The van der Waals surface area contributed by atoms with E-state index in [0.29, 0.717) is 11.4 Å². The molecule has 1 heterocycles. The zero-order chi connectivity index (χ0) is 15.2. The zero-order valence-electron chi connectivity index (χ0n) is 11.2. The summed E-state index contributed by atoms with van der Waals surface area (Å²) in [5, 5.41) is 17.6. The van der Waals surface area contributed by atoms with Gasteiger partial charge in [0.2, 0.25) is 5.89 Å². The standard InChI is InChI=1S/C13H14N4O4/c1-8-15-10(21-17-8)7-14-13(20)16-11(12(18)19)9-5-3-2-4-6-9/h2-6,11H,7H2,1H3,(H,18,19)(H2,14,16,20)/t11-/m1/s1. The maximum absolute atomic E-state index is 11.7. The lowest BCUT2D eigenvalue weighted by Gasteiger charge is -2.14. The van der Waals surface area contributed by atoms with E-state index < -0.39 is 18.0 Å². The van der Waals surface area contributed by atoms with E-state index in [9.17, 15) is 14.7 Å². The van der Waals surface area contributed by atoms with Crippen LogP contribution in [0.3, 0.4) is 0 Å². The van der Waals surface area contributed by atoms with Crippen LogP contribution in [0.5, 0.6) is 0 Å². The largest absolute Gasteiger partial charge is 0.479 e. The summed E-state index contributed by atoms with van der Waals surface area (Å²) in [5.41, 5.74) is 0.480. The van der Waals surface area contributed by atoms with Crippen molar-refractivity contribution in [3.8, 4) is 0 Å². The molecular formula is C13H14N4O4. The Morgan fingerprint density at radius 2 is 2.05 bits per heavy atom. The molecule has 0 aliphatic rings. The summed E-state index contributed by atoms with van der Waals surface area (Å²) < 4.78 is 4.83. The molecule has 0 saturated carbocycles. The van der Waals surface area contributed by atoms with Crippen LogP contribution in [0.2, 0.25) is 0 Å². The van der Waals surface area contributed by atoms with Gasteiger partial charge < -0.3 is 20.3 Å². The van der Waals surface area contributed by atoms with Crippen LogP contribution in [0.4, 0.5) is 4.79 Å². The third-order valence-electron chi connectivity index (χ3n) is 2.63. The molecule has 21 heavy (non-hydrogen) atoms. The second-order valence-electron chi connectivity index (χ2n) is 4.24. The first kappa shape index (κ1) is 14.5. The lowest BCUT2D eigenvalue weighted by Crippen LogP contribution is -2.40. The second kappa shape index (κ2) is 6.51. The van der Waals surface area contributed by atoms with Gasteiger partial charge >= 0.3 is 12.0 Å². The van der Waals surface area contributed by atoms with E-state index in [-0.39, 0.29) is 12.4 Å². The first-order valence-corrected chi connectivity index (χ1v) is 6.17. The van der Waals surface area contributed by atoms with Crippen molar-refractivity contribution >= 4 is 12.0 Å². The van der Waals surface area contributed by atoms with E-state index >= 15 is 0 Å². The van der Waals surface area contributed by atoms with Crippen LogP contribution in [0, 0.1) is 6.92 Å². The van der Waals surface area contributed by atoms with Gasteiger partial charge in [0, 0.05) is 0 Å². The van der Waals surface area contributed by atoms with E-state index in [0.717, 1.165) is 0 Å². The Kier molecular flexibility index (Phi) is 4.50. The van der Waals surface area contributed by atoms with Crippen LogP contribution in [-0.4, -0.2) is 27.2 Å². The fraction of sp³-hybridized carbons (Fsp3) is 0.231. The minimum Gasteiger partial charge on any atom is -0.479 e. The molecule has 2 aromatic rings. The third-order valence-corrected chi connectivity index (χ3v) is 2.63. The van der Waals surface area contributed by atoms with Gasteiger partial charge in [0.25, 0.3) is 0 Å². The number of hydrogen-bond donors (Lipinski definition) is 3. The Bertz CT molecular complexity index is 626. The van der Waals surface area contributed by atoms with E-state index in [1.54, 1.807) is 37.3 Å². The Balaban J connectivity index is 1.94. The Labute approximate surface area is 120 Å². The quantitative estimate of drug-likeness (QED) is 0.756. The molecule has 1 aromatic heterocycles. The summed E-state index contributed by atoms with van der Waals surface area (Å²) >= 11 is 0. The van der Waals surface area contributed by atoms with Crippen LogP contribution in [-0.2, 0) is 11.3 Å². The van der Waals surface area contributed by atoms with Crippen molar-refractivity contribution in [2.75, 3.05) is 0 Å². The fourth-order valence-electron chi connectivity index (χ4n) is 1.68. The van der Waals surface area contributed by atoms with Gasteiger partial charge in [-0.15, -0.1) is 0 Å². The van der Waals surface area contributed by atoms with Crippen LogP contribution in [0.25, 0.3) is 0 Å². The van der Waals surface area contributed by atoms with Crippen molar-refractivity contribution in [1.82, 2.24) is 20.8 Å². The molecule has 0 spiro atoms. The normalized spacial score (nSPS) is 11.7. The summed E-state index contributed by atoms with van der Waals surface area (Å²) in [6.45, 7) is 1.68. The van der Waals surface area contributed by atoms with Gasteiger partial charge in [-0.1, -0.05) is 35.5 Å². The molecule has 0 fully saturated rings. The molecule has 1 aromatic carbocycles. The lowest BCUT2D eigenvalue weighted by atomic mass is 10.1. The van der Waals surface area contributed by atoms with E-state index in [4.69, 9.17) is 4.52 Å². The Morgan fingerprint density at radius 3 is 2.62 bits per heavy atom. The summed E-state index contributed by atoms with van der Waals surface area (Å²) in [7, 11) is 0. The second-order valence-corrected chi connectivity index (χ2v) is 4.24. The number of rotatable bonds is 5. The predicted octanol–water partition coefficient (Wildman–Crippen LogP) is 1.00. The maximum atomic E-state index is 11.7. The first-order valence-electron chi connectivity index (χ1n) is 6.17. The summed E-state index contributed by atoms with van der Waals surface area (Å²) in [6, 6.07) is 6.65. The molecular weight excluding hydrogens is 276 g/mol. The number of carbonyl (C=O) groups is 2. The van der Waals surface area contributed by atoms with Crippen molar-refractivity contribution in [1.29, 1.82) is 0 Å². The smallest absolute Gasteiger partial charge is 0.330 e. The third kappa shape index (κ3) is 4.03. The molecule has 3 N–H and O–H groups in total. The number of carbonyl (C=O) groups excluding carboxylic acids is 1. The lowest BCUT2D eigenvalue weighted by molar-refractivity contribution is -0.139. The SMILES string of the molecule is Cc1noc(CNC(=O)N[C@@H](C(=O)O)c2ccccc2)n1. The monoisotopic (exact) mass is 290 g/mol. The van der Waals surface area contributed by atoms with Crippen molar-refractivity contribution in [2.45, 2.75) is 19.5 Å². The number of nitrogens with one attached hydrogen (secondary N) is 2. The Hall–Kier alpha value is -2.90. The van der Waals surface area contributed by atoms with E-state index in [2.05, 4.69) is 20.8 Å². The number of aromatic nitrogens is 2. The van der Waals surface area contributed by atoms with Gasteiger partial charge in [-0.05, 0) is 12.5 Å². The highest BCUT2D eigenvalue weighted by atomic mass is 16.5. The highest BCUT2D eigenvalue weighted by Gasteiger charge is 2.21. The van der Waals surface area contributed by atoms with Crippen molar-refractivity contribution in [3.05, 3.63) is 47.6 Å². The summed E-state index contributed by atoms with van der Waals surface area (Å²) in [6.07, 6.45) is 0. The van der Waals surface area contributed by atoms with Gasteiger partial charge in [-0.25, -0.2) is 9.59 Å². The van der Waals surface area contributed by atoms with Crippen LogP contribution in [0.15, 0.2) is 34.9 Å². The number of hydrogen-bond acceptors (Lipinski definition) is 5. The molecule has 8 nitrogen and oxygen atoms in total. The van der Waals surface area contributed by atoms with Crippen LogP contribution in [0.1, 0.15) is 23.3 Å². The molecule has 8 heteroatoms. The number of aliphatic carboxylic acids is 1. The average Bonchev–Trinajstić information content (AvgIpc) is 2.89. The average molecular weight is 290 g/mol. The highest BCUT2D eigenvalue weighted by molar-refractivity contribution is 5.83. The number of amides is 2. The van der Waals surface area contributed by atoms with Gasteiger partial charge in [-0.2, -0.15) is 4.98 Å². The number of carboxylic acids is 1. The molecule has 110 valence electrons. The van der Waals surface area contributed by atoms with E-state index in [1.165, 1.54) is 0 Å². The van der Waals surface area contributed by atoms with Gasteiger partial charge in [0.1, 0.15) is 0 Å². The summed E-state index contributed by atoms with van der Waals surface area (Å²) in [4.78, 5) is 26.9. The first-order chi connectivity index (χ1) is 10.1. The number of nitrogens with zero attached hydrogens (tertiary/aromatic N) is 2. The number of carboxylic acid groups (broad SMARTS) is 1. The topological polar surface area (TPSA) is 117 Å². The van der Waals surface area contributed by atoms with Crippen molar-refractivity contribution in [2.24, 2.45) is 0 Å². The minimum atomic E-state index is -1.15.